The summed E-state index contributed by atoms with van der Waals surface area (Å²) in [5.41, 5.74) is 0.976. The number of carbonyl (C=O) groups is 1. The molecule has 0 aromatic heterocycles. The van der Waals surface area contributed by atoms with Gasteiger partial charge in [-0.05, 0) is 31.9 Å². The minimum absolute atomic E-state index is 0.132. The van der Waals surface area contributed by atoms with Gasteiger partial charge in [0.15, 0.2) is 0 Å². The smallest absolute Gasteiger partial charge is 0.313 e. The quantitative estimate of drug-likeness (QED) is 0.851. The van der Waals surface area contributed by atoms with Crippen LogP contribution in [0.5, 0.6) is 0 Å². The van der Waals surface area contributed by atoms with E-state index in [0.29, 0.717) is 12.5 Å². The zero-order valence-corrected chi connectivity index (χ0v) is 11.7. The molecule has 1 aromatic carbocycles. The Kier molecular flexibility index (Phi) is 3.76. The number of piperidine rings is 1. The molecule has 2 fully saturated rings. The van der Waals surface area contributed by atoms with Gasteiger partial charge in [0.2, 0.25) is 0 Å². The second-order valence-corrected chi connectivity index (χ2v) is 5.89. The number of esters is 1. The Balaban J connectivity index is 1.64. The Morgan fingerprint density at radius 3 is 2.85 bits per heavy atom. The zero-order valence-electron chi connectivity index (χ0n) is 11.7. The SMILES string of the molecule is CN1[C@H]2CC[C@@H]1[C@@H](C(=O)OCc1ccccc1)[C@@H](O)C2. The van der Waals surface area contributed by atoms with Crippen molar-refractivity contribution in [1.82, 2.24) is 4.90 Å². The van der Waals surface area contributed by atoms with E-state index in [2.05, 4.69) is 4.90 Å². The number of rotatable bonds is 3. The summed E-state index contributed by atoms with van der Waals surface area (Å²) in [5, 5.41) is 10.2. The van der Waals surface area contributed by atoms with Crippen LogP contribution in [0, 0.1) is 5.92 Å². The van der Waals surface area contributed by atoms with Gasteiger partial charge in [-0.2, -0.15) is 0 Å². The number of carbonyl (C=O) groups excluding carboxylic acids is 1. The monoisotopic (exact) mass is 275 g/mol. The van der Waals surface area contributed by atoms with Crippen LogP contribution < -0.4 is 0 Å². The summed E-state index contributed by atoms with van der Waals surface area (Å²) in [7, 11) is 2.05. The van der Waals surface area contributed by atoms with Gasteiger partial charge >= 0.3 is 5.97 Å². The molecule has 108 valence electrons. The van der Waals surface area contributed by atoms with Crippen LogP contribution in [0.1, 0.15) is 24.8 Å². The van der Waals surface area contributed by atoms with E-state index in [1.54, 1.807) is 0 Å². The summed E-state index contributed by atoms with van der Waals surface area (Å²) in [4.78, 5) is 14.5. The summed E-state index contributed by atoms with van der Waals surface area (Å²) >= 11 is 0. The van der Waals surface area contributed by atoms with Gasteiger partial charge in [-0.25, -0.2) is 0 Å². The molecule has 3 rings (SSSR count). The fourth-order valence-corrected chi connectivity index (χ4v) is 3.58. The van der Waals surface area contributed by atoms with Crippen molar-refractivity contribution >= 4 is 5.97 Å². The lowest BCUT2D eigenvalue weighted by Gasteiger charge is -2.39. The van der Waals surface area contributed by atoms with E-state index < -0.39 is 12.0 Å². The number of benzene rings is 1. The van der Waals surface area contributed by atoms with Gasteiger partial charge in [-0.1, -0.05) is 30.3 Å². The number of aliphatic hydroxyl groups excluding tert-OH is 1. The van der Waals surface area contributed by atoms with Crippen molar-refractivity contribution in [2.75, 3.05) is 7.05 Å². The highest BCUT2D eigenvalue weighted by atomic mass is 16.5. The molecule has 2 heterocycles. The van der Waals surface area contributed by atoms with Crippen molar-refractivity contribution < 1.29 is 14.6 Å². The molecule has 2 bridgehead atoms. The third kappa shape index (κ3) is 2.45. The molecule has 0 amide bonds. The Hall–Kier alpha value is -1.39. The fraction of sp³-hybridized carbons (Fsp3) is 0.562. The summed E-state index contributed by atoms with van der Waals surface area (Å²) in [6, 6.07) is 10.2. The van der Waals surface area contributed by atoms with E-state index in [4.69, 9.17) is 4.74 Å². The van der Waals surface area contributed by atoms with Crippen LogP contribution in [0.15, 0.2) is 30.3 Å². The summed E-state index contributed by atoms with van der Waals surface area (Å²) in [6.07, 6.45) is 2.16. The lowest BCUT2D eigenvalue weighted by atomic mass is 9.88. The molecule has 2 aliphatic heterocycles. The first kappa shape index (κ1) is 13.6. The molecule has 4 atom stereocenters. The number of fused-ring (bicyclic) bond motifs is 2. The highest BCUT2D eigenvalue weighted by Crippen LogP contribution is 2.38. The molecule has 0 saturated carbocycles. The van der Waals surface area contributed by atoms with Gasteiger partial charge in [0.05, 0.1) is 12.0 Å². The Morgan fingerprint density at radius 1 is 1.35 bits per heavy atom. The van der Waals surface area contributed by atoms with E-state index in [0.717, 1.165) is 18.4 Å². The van der Waals surface area contributed by atoms with Crippen LogP contribution in [0.25, 0.3) is 0 Å². The molecule has 0 unspecified atom stereocenters. The molecule has 1 aromatic rings. The minimum atomic E-state index is -0.563. The van der Waals surface area contributed by atoms with Gasteiger partial charge < -0.3 is 9.84 Å². The topological polar surface area (TPSA) is 49.8 Å². The van der Waals surface area contributed by atoms with Crippen molar-refractivity contribution in [3.05, 3.63) is 35.9 Å². The van der Waals surface area contributed by atoms with Gasteiger partial charge in [0.25, 0.3) is 0 Å². The highest BCUT2D eigenvalue weighted by molar-refractivity contribution is 5.74. The molecular weight excluding hydrogens is 254 g/mol. The normalized spacial score (nSPS) is 33.1. The van der Waals surface area contributed by atoms with Crippen molar-refractivity contribution in [2.24, 2.45) is 5.92 Å². The third-order valence-corrected chi connectivity index (χ3v) is 4.73. The molecule has 0 radical (unpaired) electrons. The van der Waals surface area contributed by atoms with Gasteiger partial charge in [-0.3, -0.25) is 9.69 Å². The van der Waals surface area contributed by atoms with Crippen molar-refractivity contribution in [3.63, 3.8) is 0 Å². The van der Waals surface area contributed by atoms with Crippen LogP contribution in [0.2, 0.25) is 0 Å². The second kappa shape index (κ2) is 5.54. The molecule has 1 N–H and O–H groups in total. The third-order valence-electron chi connectivity index (χ3n) is 4.73. The van der Waals surface area contributed by atoms with Gasteiger partial charge in [-0.15, -0.1) is 0 Å². The Bertz CT molecular complexity index is 476. The number of hydrogen-bond acceptors (Lipinski definition) is 4. The summed E-state index contributed by atoms with van der Waals surface area (Å²) < 4.78 is 5.41. The maximum absolute atomic E-state index is 12.3. The van der Waals surface area contributed by atoms with Crippen molar-refractivity contribution in [1.29, 1.82) is 0 Å². The van der Waals surface area contributed by atoms with E-state index in [-0.39, 0.29) is 18.6 Å². The molecule has 4 nitrogen and oxygen atoms in total. The van der Waals surface area contributed by atoms with Gasteiger partial charge in [0, 0.05) is 12.1 Å². The van der Waals surface area contributed by atoms with Crippen molar-refractivity contribution in [2.45, 2.75) is 44.1 Å². The number of aliphatic hydroxyl groups is 1. The van der Waals surface area contributed by atoms with Crippen LogP contribution in [-0.2, 0) is 16.1 Å². The maximum atomic E-state index is 12.3. The molecule has 2 saturated heterocycles. The maximum Gasteiger partial charge on any atom is 0.313 e. The molecule has 2 aliphatic rings. The second-order valence-electron chi connectivity index (χ2n) is 5.89. The van der Waals surface area contributed by atoms with E-state index in [1.807, 2.05) is 37.4 Å². The molecule has 20 heavy (non-hydrogen) atoms. The Labute approximate surface area is 119 Å². The summed E-state index contributed by atoms with van der Waals surface area (Å²) in [5.74, 6) is -0.666. The first-order chi connectivity index (χ1) is 9.66. The first-order valence-corrected chi connectivity index (χ1v) is 7.27. The number of hydrogen-bond donors (Lipinski definition) is 1. The van der Waals surface area contributed by atoms with Crippen LogP contribution in [0.3, 0.4) is 0 Å². The van der Waals surface area contributed by atoms with Crippen LogP contribution in [-0.4, -0.2) is 41.2 Å². The molecular formula is C16H21NO3. The zero-order chi connectivity index (χ0) is 14.1. The van der Waals surface area contributed by atoms with E-state index >= 15 is 0 Å². The fourth-order valence-electron chi connectivity index (χ4n) is 3.58. The number of nitrogens with zero attached hydrogens (tertiary/aromatic N) is 1. The average molecular weight is 275 g/mol. The van der Waals surface area contributed by atoms with Crippen LogP contribution in [0.4, 0.5) is 0 Å². The van der Waals surface area contributed by atoms with Crippen molar-refractivity contribution in [3.8, 4) is 0 Å². The standard InChI is InChI=1S/C16H21NO3/c1-17-12-7-8-13(17)15(14(18)9-12)16(19)20-10-11-5-3-2-4-6-11/h2-6,12-15,18H,7-10H2,1H3/t12-,13+,14-,15+/m0/s1. The number of ether oxygens (including phenoxy) is 1. The lowest BCUT2D eigenvalue weighted by molar-refractivity contribution is -0.160. The molecule has 4 heteroatoms. The predicted molar refractivity (Wildman–Crippen MR) is 74.9 cm³/mol. The molecule has 0 aliphatic carbocycles. The highest BCUT2D eigenvalue weighted by Gasteiger charge is 2.48. The average Bonchev–Trinajstić information content (AvgIpc) is 2.71. The minimum Gasteiger partial charge on any atom is -0.460 e. The van der Waals surface area contributed by atoms with Crippen LogP contribution >= 0.6 is 0 Å². The van der Waals surface area contributed by atoms with Gasteiger partial charge in [0.1, 0.15) is 6.61 Å². The van der Waals surface area contributed by atoms with E-state index in [1.165, 1.54) is 0 Å². The first-order valence-electron chi connectivity index (χ1n) is 7.27. The van der Waals surface area contributed by atoms with E-state index in [9.17, 15) is 9.90 Å². The largest absolute Gasteiger partial charge is 0.460 e. The lowest BCUT2D eigenvalue weighted by Crippen LogP contribution is -2.52. The predicted octanol–water partition coefficient (Wildman–Crippen LogP) is 1.57. The molecule has 0 spiro atoms. The summed E-state index contributed by atoms with van der Waals surface area (Å²) in [6.45, 7) is 0.281. The Morgan fingerprint density at radius 2 is 2.10 bits per heavy atom.